The quantitative estimate of drug-likeness (QED) is 0.147. The van der Waals surface area contributed by atoms with Crippen molar-refractivity contribution >= 4 is 35.3 Å². The van der Waals surface area contributed by atoms with Gasteiger partial charge >= 0.3 is 18.1 Å². The van der Waals surface area contributed by atoms with Crippen LogP contribution < -0.4 is 16.0 Å². The van der Waals surface area contributed by atoms with Gasteiger partial charge in [0.15, 0.2) is 0 Å². The highest BCUT2D eigenvalue weighted by Crippen LogP contribution is 2.22. The monoisotopic (exact) mass is 557 g/mol. The van der Waals surface area contributed by atoms with Crippen molar-refractivity contribution in [2.75, 3.05) is 18.4 Å². The number of aryl methyl sites for hydroxylation is 1. The van der Waals surface area contributed by atoms with Crippen LogP contribution in [-0.4, -0.2) is 63.1 Å². The van der Waals surface area contributed by atoms with Crippen LogP contribution in [0.15, 0.2) is 42.6 Å². The molecule has 0 saturated heterocycles. The number of aliphatic carboxylic acids is 2. The van der Waals surface area contributed by atoms with E-state index in [-0.39, 0.29) is 30.1 Å². The first kappa shape index (κ1) is 32.3. The lowest BCUT2D eigenvalue weighted by Crippen LogP contribution is -2.39. The average Bonchev–Trinajstić information content (AvgIpc) is 2.84. The van der Waals surface area contributed by atoms with Crippen LogP contribution >= 0.6 is 0 Å². The molecule has 0 unspecified atom stereocenters. The summed E-state index contributed by atoms with van der Waals surface area (Å²) in [4.78, 5) is 58.7. The molecule has 0 aliphatic rings. The van der Waals surface area contributed by atoms with Gasteiger partial charge in [0.2, 0.25) is 11.8 Å². The summed E-state index contributed by atoms with van der Waals surface area (Å²) in [6.07, 6.45) is -3.14. The van der Waals surface area contributed by atoms with Crippen LogP contribution in [0.5, 0.6) is 0 Å². The van der Waals surface area contributed by atoms with Gasteiger partial charge in [-0.1, -0.05) is 12.1 Å². The Bertz CT molecular complexity index is 1180. The van der Waals surface area contributed by atoms with Gasteiger partial charge in [-0.25, -0.2) is 9.78 Å². The summed E-state index contributed by atoms with van der Waals surface area (Å²) < 4.78 is 31.7. The van der Waals surface area contributed by atoms with E-state index >= 15 is 0 Å². The van der Waals surface area contributed by atoms with E-state index in [0.29, 0.717) is 13.0 Å². The number of amides is 2. The van der Waals surface area contributed by atoms with Crippen molar-refractivity contribution < 1.29 is 47.5 Å². The molecule has 0 saturated carbocycles. The predicted molar refractivity (Wildman–Crippen MR) is 130 cm³/mol. The third-order valence-corrected chi connectivity index (χ3v) is 4.69. The van der Waals surface area contributed by atoms with Crippen LogP contribution in [0.1, 0.15) is 36.4 Å². The lowest BCUT2D eigenvalue weighted by Gasteiger charge is -2.17. The number of rotatable bonds is 12. The van der Waals surface area contributed by atoms with Gasteiger partial charge in [0.05, 0.1) is 23.9 Å². The Morgan fingerprint density at radius 2 is 1.77 bits per heavy atom. The first-order valence-electron chi connectivity index (χ1n) is 11.2. The van der Waals surface area contributed by atoms with Crippen molar-refractivity contribution in [1.82, 2.24) is 15.6 Å². The maximum absolute atomic E-state index is 12.2. The molecule has 5 N–H and O–H groups in total. The second-order valence-electron chi connectivity index (χ2n) is 7.90. The Balaban J connectivity index is 0.000000956. The maximum atomic E-state index is 12.2. The molecule has 212 valence electrons. The van der Waals surface area contributed by atoms with Crippen molar-refractivity contribution in [3.05, 3.63) is 63.8 Å². The van der Waals surface area contributed by atoms with Gasteiger partial charge in [-0.05, 0) is 36.6 Å². The molecule has 39 heavy (non-hydrogen) atoms. The summed E-state index contributed by atoms with van der Waals surface area (Å²) in [6, 6.07) is 8.19. The van der Waals surface area contributed by atoms with E-state index in [1.807, 2.05) is 19.1 Å². The Morgan fingerprint density at radius 3 is 2.33 bits per heavy atom. The van der Waals surface area contributed by atoms with Crippen molar-refractivity contribution in [2.45, 2.75) is 38.4 Å². The molecule has 16 heteroatoms. The Labute approximate surface area is 219 Å². The first-order valence-corrected chi connectivity index (χ1v) is 11.2. The van der Waals surface area contributed by atoms with Gasteiger partial charge in [-0.2, -0.15) is 13.2 Å². The van der Waals surface area contributed by atoms with Crippen LogP contribution in [-0.2, 0) is 19.2 Å². The standard InChI is InChI=1S/C21H25N5O6.C2HF3O2/c1-14-7-9-23-18(10-14)22-8-3-6-19(27)24-13-20(28)25-17(12-21(29)30)15-4-2-5-16(11-15)26(31)32;3-2(4,5)1(6)7/h2,4-5,7,9-11,17H,3,6,8,12-13H2,1H3,(H,22,23)(H,24,27)(H,25,28)(H,29,30);(H,6,7)/t17-;/m1./s1. The maximum Gasteiger partial charge on any atom is 0.490 e. The number of non-ortho nitro benzene ring substituents is 1. The third kappa shape index (κ3) is 13.4. The van der Waals surface area contributed by atoms with E-state index in [0.717, 1.165) is 11.4 Å². The number of nitrogens with one attached hydrogen (secondary N) is 3. The minimum Gasteiger partial charge on any atom is -0.481 e. The third-order valence-electron chi connectivity index (χ3n) is 4.69. The van der Waals surface area contributed by atoms with Crippen molar-refractivity contribution in [3.8, 4) is 0 Å². The molecule has 1 heterocycles. The number of carbonyl (C=O) groups is 4. The molecule has 0 aliphatic carbocycles. The molecule has 1 aromatic heterocycles. The topological polar surface area (TPSA) is 201 Å². The number of pyridine rings is 1. The molecule has 2 amide bonds. The molecule has 1 atom stereocenters. The number of alkyl halides is 3. The number of nitro benzene ring substituents is 1. The summed E-state index contributed by atoms with van der Waals surface area (Å²) in [5, 5.41) is 35.3. The highest BCUT2D eigenvalue weighted by molar-refractivity contribution is 5.85. The number of anilines is 1. The van der Waals surface area contributed by atoms with Crippen molar-refractivity contribution in [1.29, 1.82) is 0 Å². The fourth-order valence-electron chi connectivity index (χ4n) is 2.89. The van der Waals surface area contributed by atoms with Gasteiger partial charge in [-0.15, -0.1) is 0 Å². The van der Waals surface area contributed by atoms with Gasteiger partial charge in [0, 0.05) is 31.3 Å². The predicted octanol–water partition coefficient (Wildman–Crippen LogP) is 2.57. The number of nitrogens with zero attached hydrogens (tertiary/aromatic N) is 2. The first-order chi connectivity index (χ1) is 18.2. The smallest absolute Gasteiger partial charge is 0.481 e. The van der Waals surface area contributed by atoms with Crippen LogP contribution in [0.25, 0.3) is 0 Å². The number of aromatic nitrogens is 1. The lowest BCUT2D eigenvalue weighted by molar-refractivity contribution is -0.384. The van der Waals surface area contributed by atoms with E-state index in [2.05, 4.69) is 20.9 Å². The highest BCUT2D eigenvalue weighted by atomic mass is 19.4. The number of hydrogen-bond donors (Lipinski definition) is 5. The average molecular weight is 557 g/mol. The molecule has 13 nitrogen and oxygen atoms in total. The number of carboxylic acids is 2. The fourth-order valence-corrected chi connectivity index (χ4v) is 2.89. The minimum absolute atomic E-state index is 0.190. The number of benzene rings is 1. The summed E-state index contributed by atoms with van der Waals surface area (Å²) in [6.45, 7) is 2.14. The number of halogens is 3. The molecule has 0 fully saturated rings. The molecule has 0 radical (unpaired) electrons. The fraction of sp³-hybridized carbons (Fsp3) is 0.348. The molecule has 1 aromatic carbocycles. The Hall–Kier alpha value is -4.76. The largest absolute Gasteiger partial charge is 0.490 e. The zero-order valence-electron chi connectivity index (χ0n) is 20.5. The van der Waals surface area contributed by atoms with Crippen LogP contribution in [0.4, 0.5) is 24.7 Å². The lowest BCUT2D eigenvalue weighted by atomic mass is 10.0. The van der Waals surface area contributed by atoms with Crippen LogP contribution in [0.3, 0.4) is 0 Å². The summed E-state index contributed by atoms with van der Waals surface area (Å²) in [5.41, 5.74) is 1.14. The number of nitro groups is 1. The van der Waals surface area contributed by atoms with Gasteiger partial charge in [0.1, 0.15) is 5.82 Å². The molecule has 0 bridgehead atoms. The van der Waals surface area contributed by atoms with E-state index in [4.69, 9.17) is 15.0 Å². The molecular weight excluding hydrogens is 531 g/mol. The van der Waals surface area contributed by atoms with E-state index in [1.54, 1.807) is 6.20 Å². The summed E-state index contributed by atoms with van der Waals surface area (Å²) in [7, 11) is 0. The Kier molecular flexibility index (Phi) is 12.8. The second-order valence-corrected chi connectivity index (χ2v) is 7.90. The summed E-state index contributed by atoms with van der Waals surface area (Å²) in [5.74, 6) is -4.15. The van der Waals surface area contributed by atoms with E-state index in [1.165, 1.54) is 24.3 Å². The zero-order chi connectivity index (χ0) is 29.6. The van der Waals surface area contributed by atoms with Crippen LogP contribution in [0, 0.1) is 17.0 Å². The number of carboxylic acid groups (broad SMARTS) is 2. The van der Waals surface area contributed by atoms with Crippen molar-refractivity contribution in [2.24, 2.45) is 0 Å². The molecule has 0 aliphatic heterocycles. The van der Waals surface area contributed by atoms with E-state index < -0.39 is 41.4 Å². The van der Waals surface area contributed by atoms with Gasteiger partial charge < -0.3 is 26.2 Å². The molecule has 2 aromatic rings. The number of hydrogen-bond acceptors (Lipinski definition) is 8. The van der Waals surface area contributed by atoms with E-state index in [9.17, 15) is 37.7 Å². The van der Waals surface area contributed by atoms with Crippen molar-refractivity contribution in [3.63, 3.8) is 0 Å². The van der Waals surface area contributed by atoms with Crippen LogP contribution in [0.2, 0.25) is 0 Å². The SMILES string of the molecule is Cc1ccnc(NCCCC(=O)NCC(=O)N[C@H](CC(=O)O)c2cccc([N+](=O)[O-])c2)c1.O=C(O)C(F)(F)F. The molecule has 0 spiro atoms. The van der Waals surface area contributed by atoms with Gasteiger partial charge in [-0.3, -0.25) is 24.5 Å². The Morgan fingerprint density at radius 1 is 1.10 bits per heavy atom. The summed E-state index contributed by atoms with van der Waals surface area (Å²) >= 11 is 0. The number of carbonyl (C=O) groups excluding carboxylic acids is 2. The molecular formula is C23H26F3N5O8. The molecule has 2 rings (SSSR count). The highest BCUT2D eigenvalue weighted by Gasteiger charge is 2.38. The second kappa shape index (κ2) is 15.5. The normalized spacial score (nSPS) is 11.3. The zero-order valence-corrected chi connectivity index (χ0v) is 20.5. The van der Waals surface area contributed by atoms with Gasteiger partial charge in [0.25, 0.3) is 5.69 Å². The minimum atomic E-state index is -5.08.